The molecule has 1 fully saturated rings. The third kappa shape index (κ3) is 1.48. The molecule has 2 rings (SSSR count). The Bertz CT molecular complexity index is 446. The Balaban J connectivity index is 2.62. The van der Waals surface area contributed by atoms with E-state index in [4.69, 9.17) is 11.6 Å². The van der Waals surface area contributed by atoms with Crippen LogP contribution in [0, 0.1) is 6.92 Å². The lowest BCUT2D eigenvalue weighted by Gasteiger charge is -2.08. The van der Waals surface area contributed by atoms with E-state index >= 15 is 0 Å². The molecule has 1 aromatic rings. The Hall–Kier alpha value is -1.09. The van der Waals surface area contributed by atoms with Crippen molar-refractivity contribution in [1.82, 2.24) is 4.57 Å². The van der Waals surface area contributed by atoms with Gasteiger partial charge in [-0.15, -0.1) is 0 Å². The SMILES string of the molecule is Cc1ccc(C(=O)Cl)c(=O)n1C1CC1. The molecule has 4 heteroatoms. The molecule has 0 bridgehead atoms. The summed E-state index contributed by atoms with van der Waals surface area (Å²) in [4.78, 5) is 22.7. The van der Waals surface area contributed by atoms with E-state index in [2.05, 4.69) is 0 Å². The first-order valence-corrected chi connectivity index (χ1v) is 4.91. The molecule has 1 aliphatic rings. The number of carbonyl (C=O) groups is 1. The normalized spacial score (nSPS) is 15.6. The topological polar surface area (TPSA) is 39.1 Å². The van der Waals surface area contributed by atoms with Gasteiger partial charge in [0.1, 0.15) is 0 Å². The van der Waals surface area contributed by atoms with Crippen LogP contribution in [0.1, 0.15) is 34.9 Å². The average Bonchev–Trinajstić information content (AvgIpc) is 2.87. The number of hydrogen-bond acceptors (Lipinski definition) is 2. The summed E-state index contributed by atoms with van der Waals surface area (Å²) in [6.45, 7) is 1.86. The Kier molecular flexibility index (Phi) is 2.19. The predicted octanol–water partition coefficient (Wildman–Crippen LogP) is 1.87. The lowest BCUT2D eigenvalue weighted by molar-refractivity contribution is 0.107. The quantitative estimate of drug-likeness (QED) is 0.701. The number of aryl methyl sites for hydroxylation is 1. The van der Waals surface area contributed by atoms with Gasteiger partial charge in [0.25, 0.3) is 10.8 Å². The molecule has 0 aromatic carbocycles. The maximum absolute atomic E-state index is 11.8. The number of aromatic nitrogens is 1. The molecule has 0 amide bonds. The van der Waals surface area contributed by atoms with Crippen LogP contribution in [-0.2, 0) is 0 Å². The van der Waals surface area contributed by atoms with Crippen LogP contribution in [0.5, 0.6) is 0 Å². The molecule has 1 heterocycles. The zero-order valence-corrected chi connectivity index (χ0v) is 8.54. The zero-order valence-electron chi connectivity index (χ0n) is 7.79. The van der Waals surface area contributed by atoms with Crippen LogP contribution < -0.4 is 5.56 Å². The molecule has 0 aliphatic heterocycles. The number of rotatable bonds is 2. The van der Waals surface area contributed by atoms with Gasteiger partial charge >= 0.3 is 0 Å². The highest BCUT2D eigenvalue weighted by Crippen LogP contribution is 2.34. The molecule has 3 nitrogen and oxygen atoms in total. The number of halogens is 1. The highest BCUT2D eigenvalue weighted by Gasteiger charge is 2.27. The minimum atomic E-state index is -0.676. The van der Waals surface area contributed by atoms with Crippen molar-refractivity contribution >= 4 is 16.8 Å². The van der Waals surface area contributed by atoms with E-state index in [0.717, 1.165) is 18.5 Å². The largest absolute Gasteiger partial charge is 0.309 e. The van der Waals surface area contributed by atoms with Gasteiger partial charge in [-0.25, -0.2) is 0 Å². The van der Waals surface area contributed by atoms with Gasteiger partial charge in [-0.05, 0) is 43.5 Å². The van der Waals surface area contributed by atoms with Crippen molar-refractivity contribution in [3.8, 4) is 0 Å². The van der Waals surface area contributed by atoms with E-state index in [-0.39, 0.29) is 17.2 Å². The summed E-state index contributed by atoms with van der Waals surface area (Å²) in [6, 6.07) is 3.53. The smallest absolute Gasteiger partial charge is 0.263 e. The molecule has 0 saturated heterocycles. The molecule has 1 aromatic heterocycles. The van der Waals surface area contributed by atoms with Crippen LogP contribution in [0.2, 0.25) is 0 Å². The van der Waals surface area contributed by atoms with Crippen molar-refractivity contribution in [3.63, 3.8) is 0 Å². The van der Waals surface area contributed by atoms with Crippen molar-refractivity contribution in [1.29, 1.82) is 0 Å². The molecule has 0 spiro atoms. The van der Waals surface area contributed by atoms with Crippen molar-refractivity contribution in [2.75, 3.05) is 0 Å². The summed E-state index contributed by atoms with van der Waals surface area (Å²) in [5.74, 6) is 0. The minimum Gasteiger partial charge on any atom is -0.309 e. The molecule has 1 aliphatic carbocycles. The molecular formula is C10H10ClNO2. The first-order valence-electron chi connectivity index (χ1n) is 4.53. The predicted molar refractivity (Wildman–Crippen MR) is 53.9 cm³/mol. The van der Waals surface area contributed by atoms with Crippen LogP contribution in [0.3, 0.4) is 0 Å². The third-order valence-electron chi connectivity index (χ3n) is 2.44. The van der Waals surface area contributed by atoms with Crippen LogP contribution in [0.25, 0.3) is 0 Å². The van der Waals surface area contributed by atoms with Crippen molar-refractivity contribution < 1.29 is 4.79 Å². The highest BCUT2D eigenvalue weighted by atomic mass is 35.5. The van der Waals surface area contributed by atoms with Gasteiger partial charge in [0.05, 0.1) is 5.56 Å². The van der Waals surface area contributed by atoms with E-state index in [1.165, 1.54) is 6.07 Å². The molecule has 0 radical (unpaired) electrons. The number of nitrogens with zero attached hydrogens (tertiary/aromatic N) is 1. The fraction of sp³-hybridized carbons (Fsp3) is 0.400. The Labute approximate surface area is 86.3 Å². The summed E-state index contributed by atoms with van der Waals surface area (Å²) in [5.41, 5.74) is 0.704. The van der Waals surface area contributed by atoms with Crippen molar-refractivity contribution in [2.45, 2.75) is 25.8 Å². The second-order valence-electron chi connectivity index (χ2n) is 3.57. The molecule has 0 unspecified atom stereocenters. The van der Waals surface area contributed by atoms with Crippen LogP contribution in [0.15, 0.2) is 16.9 Å². The van der Waals surface area contributed by atoms with Gasteiger partial charge in [0.2, 0.25) is 0 Å². The molecule has 0 N–H and O–H groups in total. The van der Waals surface area contributed by atoms with E-state index in [0.29, 0.717) is 0 Å². The Morgan fingerprint density at radius 3 is 2.64 bits per heavy atom. The van der Waals surface area contributed by atoms with Crippen LogP contribution in [0.4, 0.5) is 0 Å². The summed E-state index contributed by atoms with van der Waals surface area (Å²) >= 11 is 5.31. The maximum Gasteiger partial charge on any atom is 0.263 e. The number of carbonyl (C=O) groups excluding carboxylic acids is 1. The van der Waals surface area contributed by atoms with Crippen molar-refractivity contribution in [2.24, 2.45) is 0 Å². The molecule has 1 saturated carbocycles. The Morgan fingerprint density at radius 1 is 1.50 bits per heavy atom. The van der Waals surface area contributed by atoms with Gasteiger partial charge in [-0.3, -0.25) is 9.59 Å². The number of pyridine rings is 1. The monoisotopic (exact) mass is 211 g/mol. The first-order chi connectivity index (χ1) is 6.61. The van der Waals surface area contributed by atoms with Gasteiger partial charge in [-0.1, -0.05) is 0 Å². The first kappa shape index (κ1) is 9.46. The van der Waals surface area contributed by atoms with E-state index < -0.39 is 5.24 Å². The minimum absolute atomic E-state index is 0.0733. The fourth-order valence-electron chi connectivity index (χ4n) is 1.58. The van der Waals surface area contributed by atoms with E-state index in [9.17, 15) is 9.59 Å². The lowest BCUT2D eigenvalue weighted by Crippen LogP contribution is -2.25. The standard InChI is InChI=1S/C10H10ClNO2/c1-6-2-5-8(9(11)13)10(14)12(6)7-3-4-7/h2,5,7H,3-4H2,1H3. The van der Waals surface area contributed by atoms with Gasteiger partial charge in [-0.2, -0.15) is 0 Å². The second-order valence-corrected chi connectivity index (χ2v) is 3.91. The zero-order chi connectivity index (χ0) is 10.3. The molecule has 14 heavy (non-hydrogen) atoms. The van der Waals surface area contributed by atoms with Gasteiger partial charge in [0.15, 0.2) is 0 Å². The van der Waals surface area contributed by atoms with Crippen LogP contribution >= 0.6 is 11.6 Å². The van der Waals surface area contributed by atoms with Gasteiger partial charge in [0, 0.05) is 11.7 Å². The maximum atomic E-state index is 11.8. The Morgan fingerprint density at radius 2 is 2.14 bits per heavy atom. The third-order valence-corrected chi connectivity index (χ3v) is 2.65. The summed E-state index contributed by atoms with van der Waals surface area (Å²) in [7, 11) is 0. The highest BCUT2D eigenvalue weighted by molar-refractivity contribution is 6.67. The molecular weight excluding hydrogens is 202 g/mol. The van der Waals surface area contributed by atoms with Gasteiger partial charge < -0.3 is 4.57 Å². The lowest BCUT2D eigenvalue weighted by atomic mass is 10.2. The fourth-order valence-corrected chi connectivity index (χ4v) is 1.73. The summed E-state index contributed by atoms with van der Waals surface area (Å²) in [5, 5.41) is -0.676. The second kappa shape index (κ2) is 3.24. The molecule has 0 atom stereocenters. The van der Waals surface area contributed by atoms with Crippen LogP contribution in [-0.4, -0.2) is 9.81 Å². The average molecular weight is 212 g/mol. The summed E-state index contributed by atoms with van der Waals surface area (Å²) < 4.78 is 1.66. The van der Waals surface area contributed by atoms with E-state index in [1.807, 2.05) is 6.92 Å². The molecule has 74 valence electrons. The summed E-state index contributed by atoms with van der Waals surface area (Å²) in [6.07, 6.45) is 2.03. The number of hydrogen-bond donors (Lipinski definition) is 0. The van der Waals surface area contributed by atoms with Crippen molar-refractivity contribution in [3.05, 3.63) is 33.7 Å². The van der Waals surface area contributed by atoms with E-state index in [1.54, 1.807) is 10.6 Å².